The van der Waals surface area contributed by atoms with Gasteiger partial charge in [-0.1, -0.05) is 24.3 Å². The number of rotatable bonds is 7. The van der Waals surface area contributed by atoms with Crippen molar-refractivity contribution in [2.45, 2.75) is 0 Å². The zero-order chi connectivity index (χ0) is 20.2. The number of hydrogen-bond acceptors (Lipinski definition) is 6. The highest BCUT2D eigenvalue weighted by atomic mass is 32.1. The van der Waals surface area contributed by atoms with E-state index in [4.69, 9.17) is 45.6 Å². The lowest BCUT2D eigenvalue weighted by Gasteiger charge is -2.11. The Labute approximate surface area is 173 Å². The Morgan fingerprint density at radius 3 is 1.57 bits per heavy atom. The van der Waals surface area contributed by atoms with E-state index < -0.39 is 0 Å². The van der Waals surface area contributed by atoms with Gasteiger partial charge in [-0.25, -0.2) is 21.7 Å². The van der Waals surface area contributed by atoms with Crippen molar-refractivity contribution in [2.24, 2.45) is 21.7 Å². The van der Waals surface area contributed by atoms with Gasteiger partial charge in [-0.05, 0) is 48.7 Å². The summed E-state index contributed by atoms with van der Waals surface area (Å²) >= 11 is 9.78. The Hall–Kier alpha value is -2.92. The predicted octanol–water partition coefficient (Wildman–Crippen LogP) is 1.48. The van der Waals surface area contributed by atoms with E-state index >= 15 is 0 Å². The molecule has 0 bridgehead atoms. The van der Waals surface area contributed by atoms with Gasteiger partial charge in [0.2, 0.25) is 10.2 Å². The molecule has 2 aromatic carbocycles. The first-order valence-electron chi connectivity index (χ1n) is 8.17. The minimum atomic E-state index is 0.181. The van der Waals surface area contributed by atoms with E-state index in [1.165, 1.54) is 0 Å². The molecule has 28 heavy (non-hydrogen) atoms. The Balaban J connectivity index is 1.94. The van der Waals surface area contributed by atoms with Gasteiger partial charge in [0.05, 0.1) is 0 Å². The molecule has 2 aromatic rings. The number of nitrogens with zero attached hydrogens (tertiary/aromatic N) is 2. The molecule has 0 heterocycles. The van der Waals surface area contributed by atoms with Crippen molar-refractivity contribution in [3.63, 3.8) is 0 Å². The Bertz CT molecular complexity index is 801. The van der Waals surface area contributed by atoms with Gasteiger partial charge < -0.3 is 9.47 Å². The summed E-state index contributed by atoms with van der Waals surface area (Å²) in [4.78, 5) is 8.05. The summed E-state index contributed by atoms with van der Waals surface area (Å²) in [5.41, 5.74) is 6.14. The van der Waals surface area contributed by atoms with Crippen LogP contribution in [0.15, 0.2) is 58.5 Å². The summed E-state index contributed by atoms with van der Waals surface area (Å²) < 4.78 is 11.6. The van der Waals surface area contributed by atoms with Crippen LogP contribution in [0, 0.1) is 0 Å². The highest BCUT2D eigenvalue weighted by Crippen LogP contribution is 2.18. The third kappa shape index (κ3) is 7.00. The van der Waals surface area contributed by atoms with Gasteiger partial charge in [-0.2, -0.15) is 0 Å². The molecule has 0 saturated carbocycles. The molecule has 2 rings (SSSR count). The lowest BCUT2D eigenvalue weighted by atomic mass is 10.2. The summed E-state index contributed by atoms with van der Waals surface area (Å²) in [7, 11) is 0. The van der Waals surface area contributed by atoms with Crippen molar-refractivity contribution < 1.29 is 9.47 Å². The molecular formula is C18H20N6O2S2. The summed E-state index contributed by atoms with van der Waals surface area (Å²) in [6, 6.07) is 14.9. The highest BCUT2D eigenvalue weighted by molar-refractivity contribution is 7.80. The van der Waals surface area contributed by atoms with Gasteiger partial charge in [-0.3, -0.25) is 10.9 Å². The normalized spacial score (nSPS) is 10.8. The van der Waals surface area contributed by atoms with Crippen LogP contribution in [0.5, 0.6) is 11.5 Å². The molecule has 10 heteroatoms. The predicted molar refractivity (Wildman–Crippen MR) is 119 cm³/mol. The van der Waals surface area contributed by atoms with Crippen molar-refractivity contribution in [1.82, 2.24) is 10.9 Å². The molecule has 8 nitrogen and oxygen atoms in total. The van der Waals surface area contributed by atoms with Gasteiger partial charge in [0, 0.05) is 23.6 Å². The van der Waals surface area contributed by atoms with Crippen molar-refractivity contribution in [1.29, 1.82) is 0 Å². The molecule has 146 valence electrons. The Kier molecular flexibility index (Phi) is 8.95. The summed E-state index contributed by atoms with van der Waals surface area (Å²) in [5, 5.41) is 0.362. The molecular weight excluding hydrogens is 396 g/mol. The summed E-state index contributed by atoms with van der Waals surface area (Å²) in [6.45, 7) is 0.664. The van der Waals surface area contributed by atoms with Crippen LogP contribution in [0.1, 0.15) is 11.1 Å². The van der Waals surface area contributed by atoms with Crippen LogP contribution in [0.3, 0.4) is 0 Å². The second kappa shape index (κ2) is 11.7. The number of nitrogens with one attached hydrogen (secondary N) is 2. The zero-order valence-electron chi connectivity index (χ0n) is 14.9. The smallest absolute Gasteiger partial charge is 0.207 e. The first kappa shape index (κ1) is 21.4. The van der Waals surface area contributed by atoms with E-state index in [0.717, 1.165) is 11.1 Å². The number of aliphatic imine (C=N–C) groups is 2. The average Bonchev–Trinajstić information content (AvgIpc) is 2.74. The quantitative estimate of drug-likeness (QED) is 0.176. The molecule has 0 radical (unpaired) electrons. The lowest BCUT2D eigenvalue weighted by molar-refractivity contribution is 0.217. The van der Waals surface area contributed by atoms with Crippen LogP contribution in [0.25, 0.3) is 0 Å². The van der Waals surface area contributed by atoms with Crippen LogP contribution in [-0.4, -0.2) is 35.9 Å². The molecule has 6 N–H and O–H groups in total. The van der Waals surface area contributed by atoms with Crippen LogP contribution >= 0.6 is 24.4 Å². The Morgan fingerprint density at radius 2 is 1.18 bits per heavy atom. The SMILES string of the molecule is NNC(=S)/N=C/c1ccccc1OCCOc1ccccc1/C=N/C(=S)NN. The standard InChI is InChI=1S/C18H20N6O2S2/c19-23-17(27)21-11-13-5-1-3-7-15(13)25-9-10-26-16-8-4-2-6-14(16)12-22-18(28)24-20/h1-8,11-12H,9-10,19-20H2,(H,23,27)(H,24,28)/b21-11+,22-12+. The van der Waals surface area contributed by atoms with Crippen molar-refractivity contribution in [3.05, 3.63) is 59.7 Å². The fraction of sp³-hybridized carbons (Fsp3) is 0.111. The maximum atomic E-state index is 5.79. The Morgan fingerprint density at radius 1 is 0.786 bits per heavy atom. The van der Waals surface area contributed by atoms with Gasteiger partial charge in [0.1, 0.15) is 24.7 Å². The van der Waals surface area contributed by atoms with Gasteiger partial charge in [0.25, 0.3) is 0 Å². The number of benzene rings is 2. The molecule has 0 aromatic heterocycles. The third-order valence-corrected chi connectivity index (χ3v) is 3.77. The van der Waals surface area contributed by atoms with Crippen molar-refractivity contribution in [2.75, 3.05) is 13.2 Å². The second-order valence-corrected chi connectivity index (χ2v) is 5.96. The van der Waals surface area contributed by atoms with Gasteiger partial charge in [0.15, 0.2) is 0 Å². The number of hydrogen-bond donors (Lipinski definition) is 4. The number of ether oxygens (including phenoxy) is 2. The molecule has 0 fully saturated rings. The van der Waals surface area contributed by atoms with Crippen molar-refractivity contribution >= 4 is 47.1 Å². The van der Waals surface area contributed by atoms with E-state index in [1.807, 2.05) is 48.5 Å². The summed E-state index contributed by atoms with van der Waals surface area (Å²) in [5.74, 6) is 11.7. The summed E-state index contributed by atoms with van der Waals surface area (Å²) in [6.07, 6.45) is 3.16. The number of hydrazine groups is 2. The topological polar surface area (TPSA) is 119 Å². The van der Waals surface area contributed by atoms with Crippen LogP contribution < -0.4 is 32.0 Å². The maximum Gasteiger partial charge on any atom is 0.207 e. The molecule has 0 unspecified atom stereocenters. The van der Waals surface area contributed by atoms with Crippen LogP contribution in [0.4, 0.5) is 0 Å². The minimum Gasteiger partial charge on any atom is -0.489 e. The lowest BCUT2D eigenvalue weighted by Crippen LogP contribution is -2.26. The molecule has 0 saturated heterocycles. The van der Waals surface area contributed by atoms with Crippen LogP contribution in [-0.2, 0) is 0 Å². The highest BCUT2D eigenvalue weighted by Gasteiger charge is 2.03. The third-order valence-electron chi connectivity index (χ3n) is 3.33. The number of para-hydroxylation sites is 2. The zero-order valence-corrected chi connectivity index (χ0v) is 16.5. The second-order valence-electron chi connectivity index (χ2n) is 5.19. The fourth-order valence-electron chi connectivity index (χ4n) is 2.07. The number of nitrogens with two attached hydrogens (primary N) is 2. The molecule has 0 amide bonds. The largest absolute Gasteiger partial charge is 0.489 e. The molecule has 0 aliphatic heterocycles. The van der Waals surface area contributed by atoms with E-state index in [2.05, 4.69) is 20.8 Å². The minimum absolute atomic E-state index is 0.181. The van der Waals surface area contributed by atoms with E-state index in [0.29, 0.717) is 24.7 Å². The van der Waals surface area contributed by atoms with Gasteiger partial charge in [-0.15, -0.1) is 0 Å². The molecule has 0 aliphatic rings. The van der Waals surface area contributed by atoms with E-state index in [9.17, 15) is 0 Å². The number of thiocarbonyl (C=S) groups is 2. The first-order valence-corrected chi connectivity index (χ1v) is 8.98. The fourth-order valence-corrected chi connectivity index (χ4v) is 2.18. The maximum absolute atomic E-state index is 5.79. The van der Waals surface area contributed by atoms with E-state index in [-0.39, 0.29) is 10.2 Å². The molecule has 0 spiro atoms. The van der Waals surface area contributed by atoms with Crippen molar-refractivity contribution in [3.8, 4) is 11.5 Å². The van der Waals surface area contributed by atoms with Crippen LogP contribution in [0.2, 0.25) is 0 Å². The van der Waals surface area contributed by atoms with E-state index in [1.54, 1.807) is 12.4 Å². The first-order chi connectivity index (χ1) is 13.6. The van der Waals surface area contributed by atoms with Gasteiger partial charge >= 0.3 is 0 Å². The molecule has 0 atom stereocenters. The molecule has 0 aliphatic carbocycles. The monoisotopic (exact) mass is 416 g/mol. The average molecular weight is 417 g/mol.